The predicted octanol–water partition coefficient (Wildman–Crippen LogP) is 2.15. The van der Waals surface area contributed by atoms with E-state index in [1.165, 1.54) is 32.2 Å². The normalized spacial score (nSPS) is 23.5. The van der Waals surface area contributed by atoms with Crippen molar-refractivity contribution in [2.24, 2.45) is 5.92 Å². The van der Waals surface area contributed by atoms with Crippen LogP contribution in [0, 0.1) is 12.8 Å². The van der Waals surface area contributed by atoms with Crippen LogP contribution in [0.15, 0.2) is 6.07 Å². The molecule has 2 fully saturated rings. The molecule has 0 spiro atoms. The molecular formula is C16H26N4O. The van der Waals surface area contributed by atoms with Gasteiger partial charge in [0.1, 0.15) is 11.6 Å². The number of aromatic nitrogens is 2. The van der Waals surface area contributed by atoms with Gasteiger partial charge in [0.15, 0.2) is 0 Å². The third kappa shape index (κ3) is 3.46. The topological polar surface area (TPSA) is 50.3 Å². The summed E-state index contributed by atoms with van der Waals surface area (Å²) in [5, 5.41) is 3.65. The minimum absolute atomic E-state index is 0.644. The number of aryl methyl sites for hydroxylation is 1. The lowest BCUT2D eigenvalue weighted by atomic mass is 9.88. The Bertz CT molecular complexity index is 465. The summed E-state index contributed by atoms with van der Waals surface area (Å²) in [5.41, 5.74) is 0. The molecule has 1 aromatic rings. The molecule has 0 saturated carbocycles. The van der Waals surface area contributed by atoms with Gasteiger partial charge in [-0.15, -0.1) is 0 Å². The van der Waals surface area contributed by atoms with Crippen molar-refractivity contribution >= 4 is 5.82 Å². The van der Waals surface area contributed by atoms with Gasteiger partial charge in [-0.2, -0.15) is 4.98 Å². The summed E-state index contributed by atoms with van der Waals surface area (Å²) >= 11 is 0. The zero-order valence-corrected chi connectivity index (χ0v) is 13.1. The van der Waals surface area contributed by atoms with E-state index in [9.17, 15) is 0 Å². The lowest BCUT2D eigenvalue weighted by Gasteiger charge is -2.35. The van der Waals surface area contributed by atoms with Gasteiger partial charge in [-0.3, -0.25) is 0 Å². The third-order valence-electron chi connectivity index (χ3n) is 4.62. The van der Waals surface area contributed by atoms with Gasteiger partial charge >= 0.3 is 0 Å². The quantitative estimate of drug-likeness (QED) is 0.921. The second-order valence-electron chi connectivity index (χ2n) is 6.07. The number of hydrogen-bond acceptors (Lipinski definition) is 5. The lowest BCUT2D eigenvalue weighted by Crippen LogP contribution is -2.41. The van der Waals surface area contributed by atoms with E-state index in [1.807, 2.05) is 19.9 Å². The van der Waals surface area contributed by atoms with Gasteiger partial charge in [-0.25, -0.2) is 4.98 Å². The van der Waals surface area contributed by atoms with E-state index in [1.54, 1.807) is 0 Å². The number of rotatable bonds is 4. The second kappa shape index (κ2) is 6.60. The maximum atomic E-state index is 5.53. The van der Waals surface area contributed by atoms with Crippen molar-refractivity contribution in [2.45, 2.75) is 45.6 Å². The summed E-state index contributed by atoms with van der Waals surface area (Å²) in [7, 11) is 0. The molecule has 1 N–H and O–H groups in total. The number of anilines is 1. The molecule has 5 heteroatoms. The summed E-state index contributed by atoms with van der Waals surface area (Å²) in [5.74, 6) is 3.33. The van der Waals surface area contributed by atoms with Crippen molar-refractivity contribution in [3.05, 3.63) is 11.9 Å². The van der Waals surface area contributed by atoms with Gasteiger partial charge in [0, 0.05) is 25.2 Å². The zero-order chi connectivity index (χ0) is 14.7. The number of ether oxygens (including phenoxy) is 1. The van der Waals surface area contributed by atoms with E-state index < -0.39 is 0 Å². The highest BCUT2D eigenvalue weighted by molar-refractivity contribution is 5.42. The van der Waals surface area contributed by atoms with E-state index in [2.05, 4.69) is 20.2 Å². The monoisotopic (exact) mass is 290 g/mol. The van der Waals surface area contributed by atoms with Crippen LogP contribution in [0.2, 0.25) is 0 Å². The fraction of sp³-hybridized carbons (Fsp3) is 0.750. The molecule has 5 nitrogen and oxygen atoms in total. The van der Waals surface area contributed by atoms with E-state index in [-0.39, 0.29) is 0 Å². The highest BCUT2D eigenvalue weighted by Crippen LogP contribution is 2.28. The summed E-state index contributed by atoms with van der Waals surface area (Å²) < 4.78 is 5.53. The van der Waals surface area contributed by atoms with Crippen molar-refractivity contribution in [1.29, 1.82) is 0 Å². The predicted molar refractivity (Wildman–Crippen MR) is 83.9 cm³/mol. The van der Waals surface area contributed by atoms with E-state index in [0.717, 1.165) is 36.7 Å². The average molecular weight is 290 g/mol. The fourth-order valence-corrected chi connectivity index (χ4v) is 3.55. The summed E-state index contributed by atoms with van der Waals surface area (Å²) in [6, 6.07) is 2.73. The number of hydrogen-bond donors (Lipinski definition) is 1. The lowest BCUT2D eigenvalue weighted by molar-refractivity contribution is 0.315. The van der Waals surface area contributed by atoms with Crippen molar-refractivity contribution in [2.75, 3.05) is 31.1 Å². The van der Waals surface area contributed by atoms with Crippen molar-refractivity contribution in [1.82, 2.24) is 15.3 Å². The number of nitrogens with zero attached hydrogens (tertiary/aromatic N) is 3. The molecule has 1 unspecified atom stereocenters. The molecular weight excluding hydrogens is 264 g/mol. The van der Waals surface area contributed by atoms with Gasteiger partial charge in [-0.1, -0.05) is 0 Å². The van der Waals surface area contributed by atoms with Crippen LogP contribution in [0.25, 0.3) is 0 Å². The van der Waals surface area contributed by atoms with Gasteiger partial charge in [0.25, 0.3) is 0 Å². The molecule has 116 valence electrons. The maximum absolute atomic E-state index is 5.53. The molecule has 0 aliphatic carbocycles. The van der Waals surface area contributed by atoms with Crippen molar-refractivity contribution < 1.29 is 4.74 Å². The molecule has 0 radical (unpaired) electrons. The van der Waals surface area contributed by atoms with Crippen molar-refractivity contribution in [3.8, 4) is 5.88 Å². The van der Waals surface area contributed by atoms with E-state index >= 15 is 0 Å². The minimum Gasteiger partial charge on any atom is -0.478 e. The summed E-state index contributed by atoms with van der Waals surface area (Å²) in [6.07, 6.45) is 5.20. The van der Waals surface area contributed by atoms with Crippen LogP contribution in [0.4, 0.5) is 5.82 Å². The minimum atomic E-state index is 0.644. The fourth-order valence-electron chi connectivity index (χ4n) is 3.55. The maximum Gasteiger partial charge on any atom is 0.218 e. The largest absolute Gasteiger partial charge is 0.478 e. The van der Waals surface area contributed by atoms with Gasteiger partial charge in [-0.05, 0) is 52.0 Å². The van der Waals surface area contributed by atoms with Gasteiger partial charge < -0.3 is 15.0 Å². The Morgan fingerprint density at radius 2 is 2.10 bits per heavy atom. The average Bonchev–Trinajstić information content (AvgIpc) is 3.01. The number of nitrogens with one attached hydrogen (secondary N) is 1. The van der Waals surface area contributed by atoms with Gasteiger partial charge in [0.05, 0.1) is 6.61 Å². The SMILES string of the molecule is CCOc1cc(N2CCC(C3CCCN3)CC2)nc(C)n1. The third-order valence-corrected chi connectivity index (χ3v) is 4.62. The highest BCUT2D eigenvalue weighted by atomic mass is 16.5. The van der Waals surface area contributed by atoms with E-state index in [0.29, 0.717) is 12.5 Å². The zero-order valence-electron chi connectivity index (χ0n) is 13.1. The van der Waals surface area contributed by atoms with Crippen LogP contribution in [0.1, 0.15) is 38.4 Å². The molecule has 2 saturated heterocycles. The highest BCUT2D eigenvalue weighted by Gasteiger charge is 2.28. The smallest absolute Gasteiger partial charge is 0.218 e. The van der Waals surface area contributed by atoms with Gasteiger partial charge in [0.2, 0.25) is 5.88 Å². The molecule has 2 aliphatic heterocycles. The summed E-state index contributed by atoms with van der Waals surface area (Å²) in [6.45, 7) is 7.94. The standard InChI is InChI=1S/C16H26N4O/c1-3-21-16-11-15(18-12(2)19-16)20-9-6-13(7-10-20)14-5-4-8-17-14/h11,13-14,17H,3-10H2,1-2H3. The first kappa shape index (κ1) is 14.6. The van der Waals surface area contributed by atoms with Crippen LogP contribution in [0.3, 0.4) is 0 Å². The van der Waals surface area contributed by atoms with Crippen LogP contribution < -0.4 is 15.0 Å². The summed E-state index contributed by atoms with van der Waals surface area (Å²) in [4.78, 5) is 11.3. The molecule has 1 aromatic heterocycles. The first-order chi connectivity index (χ1) is 10.3. The number of piperidine rings is 1. The molecule has 0 amide bonds. The Hall–Kier alpha value is -1.36. The first-order valence-electron chi connectivity index (χ1n) is 8.23. The van der Waals surface area contributed by atoms with Crippen molar-refractivity contribution in [3.63, 3.8) is 0 Å². The Balaban J connectivity index is 1.63. The second-order valence-corrected chi connectivity index (χ2v) is 6.07. The molecule has 3 rings (SSSR count). The Morgan fingerprint density at radius 1 is 1.29 bits per heavy atom. The van der Waals surface area contributed by atoms with E-state index in [4.69, 9.17) is 4.74 Å². The van der Waals surface area contributed by atoms with Crippen LogP contribution in [-0.2, 0) is 0 Å². The van der Waals surface area contributed by atoms with Crippen LogP contribution >= 0.6 is 0 Å². The molecule has 3 heterocycles. The molecule has 0 bridgehead atoms. The van der Waals surface area contributed by atoms with Crippen LogP contribution in [-0.4, -0.2) is 42.3 Å². The van der Waals surface area contributed by atoms with Crippen LogP contribution in [0.5, 0.6) is 5.88 Å². The molecule has 21 heavy (non-hydrogen) atoms. The Morgan fingerprint density at radius 3 is 2.76 bits per heavy atom. The Kier molecular flexibility index (Phi) is 4.58. The molecule has 0 aromatic carbocycles. The Labute approximate surface area is 127 Å². The molecule has 1 atom stereocenters. The first-order valence-corrected chi connectivity index (χ1v) is 8.23. The molecule has 2 aliphatic rings.